The first kappa shape index (κ1) is 15.8. The Morgan fingerprint density at radius 3 is 2.67 bits per heavy atom. The van der Waals surface area contributed by atoms with Gasteiger partial charge in [0.1, 0.15) is 6.04 Å². The average Bonchev–Trinajstić information content (AvgIpc) is 3.14. The van der Waals surface area contributed by atoms with Crippen molar-refractivity contribution in [1.29, 1.82) is 5.26 Å². The molecule has 0 bridgehead atoms. The second kappa shape index (κ2) is 7.41. The number of hydrogen-bond acceptors (Lipinski definition) is 3. The molecule has 1 saturated heterocycles. The van der Waals surface area contributed by atoms with Gasteiger partial charge >= 0.3 is 0 Å². The lowest BCUT2D eigenvalue weighted by molar-refractivity contribution is -0.407. The molecule has 2 rings (SSSR count). The van der Waals surface area contributed by atoms with Gasteiger partial charge in [-0.3, -0.25) is 9.59 Å². The Kier molecular flexibility index (Phi) is 5.57. The zero-order valence-corrected chi connectivity index (χ0v) is 12.5. The Hall–Kier alpha value is -1.61. The number of rotatable bonds is 5. The SMILES string of the molecule is N#C[C@@H]1CCCN1C(=O)[C@@H]([NH3+])CCC(=O)NC1CCCC1. The van der Waals surface area contributed by atoms with E-state index in [0.29, 0.717) is 25.4 Å². The molecule has 0 aromatic rings. The molecule has 2 aliphatic rings. The third-order valence-corrected chi connectivity index (χ3v) is 4.47. The Bertz CT molecular complexity index is 426. The molecule has 2 amide bonds. The number of nitrogens with zero attached hydrogens (tertiary/aromatic N) is 2. The van der Waals surface area contributed by atoms with Crippen molar-refractivity contribution in [2.45, 2.75) is 69.5 Å². The minimum Gasteiger partial charge on any atom is -0.353 e. The molecule has 0 unspecified atom stereocenters. The highest BCUT2D eigenvalue weighted by atomic mass is 16.2. The summed E-state index contributed by atoms with van der Waals surface area (Å²) in [6.45, 7) is 0.636. The second-order valence-corrected chi connectivity index (χ2v) is 6.10. The normalized spacial score (nSPS) is 23.8. The maximum Gasteiger partial charge on any atom is 0.281 e. The summed E-state index contributed by atoms with van der Waals surface area (Å²) in [6, 6.07) is 1.73. The highest BCUT2D eigenvalue weighted by molar-refractivity contribution is 5.82. The lowest BCUT2D eigenvalue weighted by Gasteiger charge is -2.21. The van der Waals surface area contributed by atoms with Crippen LogP contribution in [0, 0.1) is 11.3 Å². The summed E-state index contributed by atoms with van der Waals surface area (Å²) in [5.41, 5.74) is 3.87. The van der Waals surface area contributed by atoms with Crippen LogP contribution in [-0.4, -0.2) is 41.4 Å². The molecule has 1 saturated carbocycles. The first-order valence-corrected chi connectivity index (χ1v) is 7.94. The topological polar surface area (TPSA) is 101 Å². The molecular formula is C15H25N4O2+. The standard InChI is InChI=1S/C15H24N4O2/c16-10-12-6-3-9-19(12)15(21)13(17)7-8-14(20)18-11-4-1-2-5-11/h11-13H,1-9,17H2,(H,18,20)/p+1/t12-,13-/m0/s1. The van der Waals surface area contributed by atoms with Crippen LogP contribution in [-0.2, 0) is 9.59 Å². The van der Waals surface area contributed by atoms with Gasteiger partial charge in [-0.05, 0) is 25.7 Å². The molecule has 21 heavy (non-hydrogen) atoms. The van der Waals surface area contributed by atoms with Crippen LogP contribution in [0.5, 0.6) is 0 Å². The molecule has 0 spiro atoms. The van der Waals surface area contributed by atoms with E-state index in [1.54, 1.807) is 4.90 Å². The van der Waals surface area contributed by atoms with Gasteiger partial charge in [0.05, 0.1) is 6.07 Å². The van der Waals surface area contributed by atoms with Crippen molar-refractivity contribution in [2.75, 3.05) is 6.54 Å². The molecule has 0 aromatic heterocycles. The summed E-state index contributed by atoms with van der Waals surface area (Å²) in [5, 5.41) is 12.0. The summed E-state index contributed by atoms with van der Waals surface area (Å²) < 4.78 is 0. The van der Waals surface area contributed by atoms with E-state index in [1.807, 2.05) is 0 Å². The molecule has 6 nitrogen and oxygen atoms in total. The molecule has 0 radical (unpaired) electrons. The van der Waals surface area contributed by atoms with Crippen molar-refractivity contribution in [3.05, 3.63) is 0 Å². The van der Waals surface area contributed by atoms with E-state index in [9.17, 15) is 9.59 Å². The Morgan fingerprint density at radius 2 is 2.00 bits per heavy atom. The number of amides is 2. The zero-order valence-electron chi connectivity index (χ0n) is 12.5. The van der Waals surface area contributed by atoms with Crippen LogP contribution in [0.1, 0.15) is 51.4 Å². The van der Waals surface area contributed by atoms with Crippen LogP contribution in [0.3, 0.4) is 0 Å². The highest BCUT2D eigenvalue weighted by Crippen LogP contribution is 2.19. The molecule has 1 heterocycles. The van der Waals surface area contributed by atoms with Gasteiger partial charge in [-0.15, -0.1) is 0 Å². The number of carbonyl (C=O) groups excluding carboxylic acids is 2. The first-order chi connectivity index (χ1) is 10.1. The molecule has 4 N–H and O–H groups in total. The Morgan fingerprint density at radius 1 is 1.29 bits per heavy atom. The van der Waals surface area contributed by atoms with Gasteiger partial charge in [0, 0.05) is 25.4 Å². The van der Waals surface area contributed by atoms with Gasteiger partial charge in [-0.1, -0.05) is 12.8 Å². The third kappa shape index (κ3) is 4.18. The molecule has 6 heteroatoms. The van der Waals surface area contributed by atoms with E-state index < -0.39 is 6.04 Å². The van der Waals surface area contributed by atoms with Gasteiger partial charge in [-0.2, -0.15) is 5.26 Å². The largest absolute Gasteiger partial charge is 0.353 e. The molecule has 1 aliphatic carbocycles. The van der Waals surface area contributed by atoms with Crippen molar-refractivity contribution < 1.29 is 15.3 Å². The Labute approximate surface area is 125 Å². The van der Waals surface area contributed by atoms with Gasteiger partial charge < -0.3 is 16.0 Å². The van der Waals surface area contributed by atoms with Gasteiger partial charge in [0.15, 0.2) is 6.04 Å². The van der Waals surface area contributed by atoms with Crippen LogP contribution < -0.4 is 11.1 Å². The quantitative estimate of drug-likeness (QED) is 0.743. The lowest BCUT2D eigenvalue weighted by atomic mass is 10.1. The van der Waals surface area contributed by atoms with Crippen molar-refractivity contribution in [2.24, 2.45) is 0 Å². The third-order valence-electron chi connectivity index (χ3n) is 4.47. The van der Waals surface area contributed by atoms with Crippen molar-refractivity contribution in [1.82, 2.24) is 10.2 Å². The fraction of sp³-hybridized carbons (Fsp3) is 0.800. The summed E-state index contributed by atoms with van der Waals surface area (Å²) in [6.07, 6.45) is 6.91. The van der Waals surface area contributed by atoms with Crippen LogP contribution in [0.25, 0.3) is 0 Å². The number of hydrogen-bond donors (Lipinski definition) is 2. The van der Waals surface area contributed by atoms with Crippen LogP contribution in [0.15, 0.2) is 0 Å². The number of quaternary nitrogens is 1. The second-order valence-electron chi connectivity index (χ2n) is 6.10. The predicted octanol–water partition coefficient (Wildman–Crippen LogP) is -0.0495. The number of carbonyl (C=O) groups is 2. The zero-order chi connectivity index (χ0) is 15.2. The van der Waals surface area contributed by atoms with Crippen LogP contribution in [0.4, 0.5) is 0 Å². The number of likely N-dealkylation sites (tertiary alicyclic amines) is 1. The van der Waals surface area contributed by atoms with E-state index in [1.165, 1.54) is 12.8 Å². The lowest BCUT2D eigenvalue weighted by Crippen LogP contribution is -2.68. The maximum atomic E-state index is 12.3. The monoisotopic (exact) mass is 293 g/mol. The van der Waals surface area contributed by atoms with E-state index in [2.05, 4.69) is 17.1 Å². The van der Waals surface area contributed by atoms with Gasteiger partial charge in [0.25, 0.3) is 5.91 Å². The number of nitriles is 1. The fourth-order valence-corrected chi connectivity index (χ4v) is 3.20. The van der Waals surface area contributed by atoms with Crippen molar-refractivity contribution >= 4 is 11.8 Å². The van der Waals surface area contributed by atoms with E-state index in [4.69, 9.17) is 5.26 Å². The van der Waals surface area contributed by atoms with Gasteiger partial charge in [-0.25, -0.2) is 0 Å². The van der Waals surface area contributed by atoms with Crippen LogP contribution >= 0.6 is 0 Å². The van der Waals surface area contributed by atoms with E-state index in [0.717, 1.165) is 25.7 Å². The minimum absolute atomic E-state index is 0.0154. The molecule has 0 aromatic carbocycles. The first-order valence-electron chi connectivity index (χ1n) is 7.94. The van der Waals surface area contributed by atoms with E-state index in [-0.39, 0.29) is 17.9 Å². The summed E-state index contributed by atoms with van der Waals surface area (Å²) in [5.74, 6) is -0.0747. The van der Waals surface area contributed by atoms with Crippen molar-refractivity contribution in [3.63, 3.8) is 0 Å². The molecule has 1 aliphatic heterocycles. The molecule has 2 atom stereocenters. The summed E-state index contributed by atoms with van der Waals surface area (Å²) in [4.78, 5) is 25.7. The smallest absolute Gasteiger partial charge is 0.281 e. The molecule has 2 fully saturated rings. The summed E-state index contributed by atoms with van der Waals surface area (Å²) in [7, 11) is 0. The molecule has 116 valence electrons. The maximum absolute atomic E-state index is 12.3. The highest BCUT2D eigenvalue weighted by Gasteiger charge is 2.33. The van der Waals surface area contributed by atoms with Crippen LogP contribution in [0.2, 0.25) is 0 Å². The minimum atomic E-state index is -0.437. The predicted molar refractivity (Wildman–Crippen MR) is 76.7 cm³/mol. The fourth-order valence-electron chi connectivity index (χ4n) is 3.20. The molecular weight excluding hydrogens is 268 g/mol. The summed E-state index contributed by atoms with van der Waals surface area (Å²) >= 11 is 0. The average molecular weight is 293 g/mol. The van der Waals surface area contributed by atoms with Gasteiger partial charge in [0.2, 0.25) is 5.91 Å². The Balaban J connectivity index is 1.73. The van der Waals surface area contributed by atoms with E-state index >= 15 is 0 Å². The van der Waals surface area contributed by atoms with Crippen molar-refractivity contribution in [3.8, 4) is 6.07 Å². The number of nitrogens with one attached hydrogen (secondary N) is 1.